The number of aryl methyl sites for hydroxylation is 1. The van der Waals surface area contributed by atoms with Gasteiger partial charge >= 0.3 is 5.97 Å². The number of esters is 1. The van der Waals surface area contributed by atoms with Gasteiger partial charge in [-0.25, -0.2) is 0 Å². The van der Waals surface area contributed by atoms with E-state index >= 15 is 0 Å². The van der Waals surface area contributed by atoms with Gasteiger partial charge in [0.25, 0.3) is 5.91 Å². The Balaban J connectivity index is 1.79. The van der Waals surface area contributed by atoms with E-state index in [2.05, 4.69) is 29.1 Å². The first-order valence-corrected chi connectivity index (χ1v) is 16.0. The predicted molar refractivity (Wildman–Crippen MR) is 167 cm³/mol. The third kappa shape index (κ3) is 5.82. The van der Waals surface area contributed by atoms with E-state index in [-0.39, 0.29) is 42.3 Å². The maximum absolute atomic E-state index is 14.8. The number of amides is 2. The van der Waals surface area contributed by atoms with Crippen molar-refractivity contribution in [2.75, 3.05) is 24.7 Å². The van der Waals surface area contributed by atoms with E-state index in [1.807, 2.05) is 39.0 Å². The number of carbonyl (C=O) groups excluding carboxylic acids is 3. The molecule has 0 radical (unpaired) electrons. The standard InChI is InChI=1S/C32H42BrClN2O6/c1-6-8-9-10-15-41-31(40)24-25-29(38)36(21(18-37)16-19(3)4)28(32(25)17-22(33)27(24)42-32)30(39)35(14-7-2)26-20(5)12-11-13-23(26)34/h6-7,11-13,19,21-22,24-25,27-28,37H,1-2,8-10,14-18H2,3-5H3/t21-,22?,24+,25+,27+,28?,32?/m1/s1. The SMILES string of the molecule is C=CCCCCOC(=O)[C@H]1[C@H]2C(=O)N([C@@H](CO)CC(C)C)C(C(=O)N(CC=C)c3c(C)cccc3Cl)C23CC(Br)[C@@H]1O3. The normalized spacial score (nSPS) is 28.6. The van der Waals surface area contributed by atoms with E-state index in [4.69, 9.17) is 21.1 Å². The number of hydrogen-bond acceptors (Lipinski definition) is 6. The molecule has 7 atom stereocenters. The molecule has 1 N–H and O–H groups in total. The van der Waals surface area contributed by atoms with E-state index in [1.165, 1.54) is 4.90 Å². The first-order chi connectivity index (χ1) is 20.0. The van der Waals surface area contributed by atoms with Gasteiger partial charge in [0.2, 0.25) is 5.91 Å². The number of carbonyl (C=O) groups is 3. The first kappa shape index (κ1) is 32.7. The molecule has 3 aliphatic rings. The van der Waals surface area contributed by atoms with Gasteiger partial charge in [0.05, 0.1) is 47.9 Å². The van der Waals surface area contributed by atoms with Gasteiger partial charge in [-0.15, -0.1) is 13.2 Å². The molecule has 8 nitrogen and oxygen atoms in total. The van der Waals surface area contributed by atoms with Crippen LogP contribution in [0, 0.1) is 24.7 Å². The van der Waals surface area contributed by atoms with Gasteiger partial charge in [-0.2, -0.15) is 0 Å². The highest BCUT2D eigenvalue weighted by atomic mass is 79.9. The minimum atomic E-state index is -1.28. The van der Waals surface area contributed by atoms with Crippen molar-refractivity contribution in [3.8, 4) is 0 Å². The summed E-state index contributed by atoms with van der Waals surface area (Å²) in [6, 6.07) is 3.67. The number of benzene rings is 1. The van der Waals surface area contributed by atoms with Crippen molar-refractivity contribution >= 4 is 51.0 Å². The van der Waals surface area contributed by atoms with Crippen LogP contribution in [0.25, 0.3) is 0 Å². The van der Waals surface area contributed by atoms with E-state index in [0.29, 0.717) is 30.0 Å². The monoisotopic (exact) mass is 664 g/mol. The number of aliphatic hydroxyl groups excluding tert-OH is 1. The molecule has 1 aromatic rings. The number of aliphatic hydroxyl groups is 1. The average Bonchev–Trinajstić information content (AvgIpc) is 3.53. The summed E-state index contributed by atoms with van der Waals surface area (Å²) in [5.41, 5.74) is 0.0361. The number of unbranched alkanes of at least 4 members (excludes halogenated alkanes) is 2. The minimum absolute atomic E-state index is 0.135. The molecule has 3 aliphatic heterocycles. The summed E-state index contributed by atoms with van der Waals surface area (Å²) in [7, 11) is 0. The molecule has 4 rings (SSSR count). The van der Waals surface area contributed by atoms with Crippen LogP contribution in [0.15, 0.2) is 43.5 Å². The fourth-order valence-corrected chi connectivity index (χ4v) is 8.29. The number of allylic oxidation sites excluding steroid dienone is 1. The number of rotatable bonds is 14. The molecule has 230 valence electrons. The Morgan fingerprint density at radius 1 is 1.31 bits per heavy atom. The lowest BCUT2D eigenvalue weighted by Gasteiger charge is -2.40. The zero-order chi connectivity index (χ0) is 30.8. The maximum Gasteiger partial charge on any atom is 0.312 e. The van der Waals surface area contributed by atoms with Crippen LogP contribution < -0.4 is 4.90 Å². The van der Waals surface area contributed by atoms with E-state index in [1.54, 1.807) is 17.0 Å². The van der Waals surface area contributed by atoms with Crippen molar-refractivity contribution in [3.63, 3.8) is 0 Å². The lowest BCUT2D eigenvalue weighted by atomic mass is 9.70. The molecule has 1 aromatic carbocycles. The summed E-state index contributed by atoms with van der Waals surface area (Å²) in [5, 5.41) is 10.9. The van der Waals surface area contributed by atoms with Crippen molar-refractivity contribution in [1.29, 1.82) is 0 Å². The summed E-state index contributed by atoms with van der Waals surface area (Å²) in [4.78, 5) is 45.6. The summed E-state index contributed by atoms with van der Waals surface area (Å²) < 4.78 is 12.3. The van der Waals surface area contributed by atoms with Crippen molar-refractivity contribution in [1.82, 2.24) is 4.90 Å². The number of anilines is 1. The fraction of sp³-hybridized carbons (Fsp3) is 0.594. The zero-order valence-electron chi connectivity index (χ0n) is 24.6. The summed E-state index contributed by atoms with van der Waals surface area (Å²) in [6.07, 6.45) is 5.98. The average molecular weight is 666 g/mol. The van der Waals surface area contributed by atoms with Crippen molar-refractivity contribution in [2.24, 2.45) is 17.8 Å². The van der Waals surface area contributed by atoms with Crippen LogP contribution in [0.4, 0.5) is 5.69 Å². The number of fused-ring (bicyclic) bond motifs is 1. The quantitative estimate of drug-likeness (QED) is 0.127. The van der Waals surface area contributed by atoms with E-state index in [0.717, 1.165) is 18.4 Å². The van der Waals surface area contributed by atoms with Gasteiger partial charge in [0, 0.05) is 11.4 Å². The molecule has 0 saturated carbocycles. The number of halogens is 2. The third-order valence-electron chi connectivity index (χ3n) is 8.66. The largest absolute Gasteiger partial charge is 0.465 e. The number of alkyl halides is 1. The highest BCUT2D eigenvalue weighted by molar-refractivity contribution is 9.09. The number of para-hydroxylation sites is 1. The predicted octanol–water partition coefficient (Wildman–Crippen LogP) is 5.22. The summed E-state index contributed by atoms with van der Waals surface area (Å²) in [5.74, 6) is -2.89. The van der Waals surface area contributed by atoms with Crippen LogP contribution in [0.2, 0.25) is 5.02 Å². The molecule has 2 bridgehead atoms. The number of nitrogens with zero attached hydrogens (tertiary/aromatic N) is 2. The second-order valence-corrected chi connectivity index (χ2v) is 13.6. The van der Waals surface area contributed by atoms with Gasteiger partial charge in [-0.05, 0) is 56.6 Å². The van der Waals surface area contributed by atoms with Crippen molar-refractivity contribution in [3.05, 3.63) is 54.1 Å². The molecule has 3 unspecified atom stereocenters. The van der Waals surface area contributed by atoms with E-state index in [9.17, 15) is 19.5 Å². The number of ether oxygens (including phenoxy) is 2. The van der Waals surface area contributed by atoms with Crippen LogP contribution in [-0.4, -0.2) is 76.2 Å². The van der Waals surface area contributed by atoms with Crippen LogP contribution in [0.5, 0.6) is 0 Å². The second-order valence-electron chi connectivity index (χ2n) is 12.0. The Labute approximate surface area is 262 Å². The van der Waals surface area contributed by atoms with Gasteiger partial charge < -0.3 is 24.4 Å². The van der Waals surface area contributed by atoms with E-state index < -0.39 is 41.6 Å². The fourth-order valence-electron chi connectivity index (χ4n) is 7.02. The molecule has 2 amide bonds. The molecule has 0 aromatic heterocycles. The zero-order valence-corrected chi connectivity index (χ0v) is 27.0. The highest BCUT2D eigenvalue weighted by Crippen LogP contribution is 2.61. The highest BCUT2D eigenvalue weighted by Gasteiger charge is 2.77. The minimum Gasteiger partial charge on any atom is -0.465 e. The van der Waals surface area contributed by atoms with Crippen molar-refractivity contribution in [2.45, 2.75) is 81.5 Å². The number of hydrogen-bond donors (Lipinski definition) is 1. The lowest BCUT2D eigenvalue weighted by molar-refractivity contribution is -0.155. The molecule has 42 heavy (non-hydrogen) atoms. The smallest absolute Gasteiger partial charge is 0.312 e. The molecular weight excluding hydrogens is 624 g/mol. The Bertz CT molecular complexity index is 1190. The molecular formula is C32H42BrClN2O6. The molecule has 0 aliphatic carbocycles. The Morgan fingerprint density at radius 3 is 2.67 bits per heavy atom. The lowest BCUT2D eigenvalue weighted by Crippen LogP contribution is -2.59. The van der Waals surface area contributed by atoms with Gasteiger partial charge in [0.15, 0.2) is 0 Å². The first-order valence-electron chi connectivity index (χ1n) is 14.7. The molecule has 10 heteroatoms. The van der Waals surface area contributed by atoms with Gasteiger partial charge in [-0.3, -0.25) is 14.4 Å². The Morgan fingerprint density at radius 2 is 2.05 bits per heavy atom. The van der Waals surface area contributed by atoms with Crippen LogP contribution in [0.1, 0.15) is 51.5 Å². The maximum atomic E-state index is 14.8. The summed E-state index contributed by atoms with van der Waals surface area (Å²) in [6.45, 7) is 13.5. The molecule has 1 spiro atoms. The van der Waals surface area contributed by atoms with Gasteiger partial charge in [-0.1, -0.05) is 65.7 Å². The Kier molecular flexibility index (Phi) is 10.6. The van der Waals surface area contributed by atoms with Crippen LogP contribution in [-0.2, 0) is 23.9 Å². The second kappa shape index (κ2) is 13.6. The van der Waals surface area contributed by atoms with Crippen LogP contribution in [0.3, 0.4) is 0 Å². The molecule has 3 fully saturated rings. The molecule has 3 saturated heterocycles. The Hall–Kier alpha value is -2.20. The number of likely N-dealkylation sites (tertiary alicyclic amines) is 1. The van der Waals surface area contributed by atoms with Gasteiger partial charge in [0.1, 0.15) is 11.6 Å². The summed E-state index contributed by atoms with van der Waals surface area (Å²) >= 11 is 10.3. The molecule has 3 heterocycles. The topological polar surface area (TPSA) is 96.4 Å². The third-order valence-corrected chi connectivity index (χ3v) is 9.81. The van der Waals surface area contributed by atoms with Crippen molar-refractivity contribution < 1.29 is 29.0 Å². The van der Waals surface area contributed by atoms with Crippen LogP contribution >= 0.6 is 27.5 Å².